The van der Waals surface area contributed by atoms with E-state index in [0.29, 0.717) is 0 Å². The highest BCUT2D eigenvalue weighted by Crippen LogP contribution is 2.30. The van der Waals surface area contributed by atoms with Crippen LogP contribution in [0.4, 0.5) is 18.9 Å². The Hall–Kier alpha value is -2.38. The summed E-state index contributed by atoms with van der Waals surface area (Å²) in [6, 6.07) is 3.88. The van der Waals surface area contributed by atoms with Gasteiger partial charge in [0.15, 0.2) is 0 Å². The van der Waals surface area contributed by atoms with Gasteiger partial charge in [0.05, 0.1) is 17.9 Å². The summed E-state index contributed by atoms with van der Waals surface area (Å²) in [5, 5.41) is 16.4. The zero-order chi connectivity index (χ0) is 16.0. The molecule has 0 atom stereocenters. The molecule has 8 heteroatoms. The predicted octanol–water partition coefficient (Wildman–Crippen LogP) is 4.14. The van der Waals surface area contributed by atoms with E-state index in [1.807, 2.05) is 0 Å². The van der Waals surface area contributed by atoms with Crippen LogP contribution in [-0.2, 0) is 15.7 Å². The second-order valence-corrected chi connectivity index (χ2v) is 3.90. The van der Waals surface area contributed by atoms with Crippen LogP contribution in [0.15, 0.2) is 46.0 Å². The molecular formula is C13H13F3N2O3. The molecule has 0 radical (unpaired) electrons. The minimum absolute atomic E-state index is 0.0887. The van der Waals surface area contributed by atoms with Gasteiger partial charge in [-0.2, -0.15) is 18.3 Å². The zero-order valence-electron chi connectivity index (χ0n) is 11.3. The van der Waals surface area contributed by atoms with Gasteiger partial charge >= 0.3 is 12.1 Å². The van der Waals surface area contributed by atoms with Gasteiger partial charge in [-0.3, -0.25) is 0 Å². The number of hydrogen-bond acceptors (Lipinski definition) is 5. The highest BCUT2D eigenvalue weighted by molar-refractivity contribution is 5.88. The van der Waals surface area contributed by atoms with Crippen LogP contribution in [0.2, 0.25) is 0 Å². The maximum atomic E-state index is 12.4. The van der Waals surface area contributed by atoms with Gasteiger partial charge in [-0.1, -0.05) is 0 Å². The minimum atomic E-state index is -4.44. The van der Waals surface area contributed by atoms with Crippen molar-refractivity contribution in [3.05, 3.63) is 41.3 Å². The Morgan fingerprint density at radius 3 is 2.29 bits per heavy atom. The topological polar surface area (TPSA) is 71.2 Å². The number of rotatable bonds is 4. The number of ether oxygens (including phenoxy) is 1. The third-order valence-electron chi connectivity index (χ3n) is 2.27. The fraction of sp³-hybridized carbons (Fsp3) is 0.308. The van der Waals surface area contributed by atoms with Crippen molar-refractivity contribution in [1.29, 1.82) is 0 Å². The summed E-state index contributed by atoms with van der Waals surface area (Å²) < 4.78 is 41.8. The van der Waals surface area contributed by atoms with E-state index in [4.69, 9.17) is 0 Å². The molecule has 1 aromatic rings. The maximum absolute atomic E-state index is 12.4. The first kappa shape index (κ1) is 16.7. The molecule has 0 saturated heterocycles. The van der Waals surface area contributed by atoms with Gasteiger partial charge in [-0.15, -0.1) is 5.11 Å². The molecule has 0 spiro atoms. The second kappa shape index (κ2) is 6.87. The number of esters is 1. The first-order chi connectivity index (χ1) is 9.75. The number of carbonyl (C=O) groups is 1. The van der Waals surface area contributed by atoms with Crippen molar-refractivity contribution in [3.63, 3.8) is 0 Å². The molecule has 0 saturated carbocycles. The largest absolute Gasteiger partial charge is 0.510 e. The van der Waals surface area contributed by atoms with Gasteiger partial charge in [-0.05, 0) is 38.1 Å². The number of hydrogen-bond donors (Lipinski definition) is 1. The van der Waals surface area contributed by atoms with Crippen LogP contribution < -0.4 is 0 Å². The molecule has 5 nitrogen and oxygen atoms in total. The van der Waals surface area contributed by atoms with Gasteiger partial charge in [0.1, 0.15) is 5.76 Å². The molecule has 0 aliphatic carbocycles. The third-order valence-corrected chi connectivity index (χ3v) is 2.27. The van der Waals surface area contributed by atoms with Crippen molar-refractivity contribution in [3.8, 4) is 0 Å². The fourth-order valence-corrected chi connectivity index (χ4v) is 1.29. The summed E-state index contributed by atoms with van der Waals surface area (Å²) in [5.74, 6) is -1.27. The van der Waals surface area contributed by atoms with Crippen LogP contribution in [0.25, 0.3) is 0 Å². The van der Waals surface area contributed by atoms with E-state index in [0.717, 1.165) is 24.3 Å². The lowest BCUT2D eigenvalue weighted by Crippen LogP contribution is -2.07. The Morgan fingerprint density at radius 1 is 1.29 bits per heavy atom. The van der Waals surface area contributed by atoms with Crippen molar-refractivity contribution >= 4 is 11.7 Å². The van der Waals surface area contributed by atoms with Crippen LogP contribution in [0.5, 0.6) is 0 Å². The van der Waals surface area contributed by atoms with Crippen LogP contribution >= 0.6 is 0 Å². The van der Waals surface area contributed by atoms with Crippen LogP contribution in [0, 0.1) is 0 Å². The van der Waals surface area contributed by atoms with E-state index in [1.54, 1.807) is 6.92 Å². The molecule has 0 heterocycles. The van der Waals surface area contributed by atoms with Crippen LogP contribution in [0.1, 0.15) is 19.4 Å². The summed E-state index contributed by atoms with van der Waals surface area (Å²) in [7, 11) is 0. The van der Waals surface area contributed by atoms with E-state index in [-0.39, 0.29) is 12.3 Å². The summed E-state index contributed by atoms with van der Waals surface area (Å²) >= 11 is 0. The van der Waals surface area contributed by atoms with E-state index in [1.165, 1.54) is 6.92 Å². The number of aliphatic hydroxyl groups is 1. The average molecular weight is 302 g/mol. The average Bonchev–Trinajstić information content (AvgIpc) is 2.38. The number of allylic oxidation sites excluding steroid dienone is 1. The maximum Gasteiger partial charge on any atom is 0.416 e. The third kappa shape index (κ3) is 4.90. The number of aliphatic hydroxyl groups excluding tert-OH is 1. The smallest absolute Gasteiger partial charge is 0.416 e. The Kier molecular flexibility index (Phi) is 5.45. The molecule has 0 amide bonds. The molecule has 0 bridgehead atoms. The first-order valence-corrected chi connectivity index (χ1v) is 5.91. The summed E-state index contributed by atoms with van der Waals surface area (Å²) in [6.45, 7) is 2.89. The second-order valence-electron chi connectivity index (χ2n) is 3.90. The van der Waals surface area contributed by atoms with Gasteiger partial charge in [-0.25, -0.2) is 4.79 Å². The van der Waals surface area contributed by atoms with E-state index < -0.39 is 29.2 Å². The van der Waals surface area contributed by atoms with E-state index >= 15 is 0 Å². The van der Waals surface area contributed by atoms with Crippen LogP contribution in [-0.4, -0.2) is 17.7 Å². The van der Waals surface area contributed by atoms with Crippen molar-refractivity contribution < 1.29 is 27.8 Å². The van der Waals surface area contributed by atoms with E-state index in [2.05, 4.69) is 15.0 Å². The van der Waals surface area contributed by atoms with Gasteiger partial charge in [0.25, 0.3) is 0 Å². The van der Waals surface area contributed by atoms with Gasteiger partial charge in [0.2, 0.25) is 5.70 Å². The Morgan fingerprint density at radius 2 is 1.86 bits per heavy atom. The number of alkyl halides is 3. The molecule has 0 unspecified atom stereocenters. The van der Waals surface area contributed by atoms with Crippen molar-refractivity contribution in [2.75, 3.05) is 6.61 Å². The van der Waals surface area contributed by atoms with Gasteiger partial charge < -0.3 is 9.84 Å². The molecule has 0 aliphatic heterocycles. The van der Waals surface area contributed by atoms with Gasteiger partial charge in [0, 0.05) is 0 Å². The number of nitrogens with zero attached hydrogens (tertiary/aromatic N) is 2. The SMILES string of the molecule is CCOC(=O)C(N=Nc1ccc(C(F)(F)F)cc1)=C(C)O. The molecule has 21 heavy (non-hydrogen) atoms. The number of halogens is 3. The minimum Gasteiger partial charge on any atom is -0.510 e. The molecule has 0 fully saturated rings. The molecule has 1 N–H and O–H groups in total. The summed E-state index contributed by atoms with van der Waals surface area (Å²) in [5.41, 5.74) is -1.12. The Balaban J connectivity index is 2.93. The molecule has 114 valence electrons. The van der Waals surface area contributed by atoms with E-state index in [9.17, 15) is 23.1 Å². The lowest BCUT2D eigenvalue weighted by Gasteiger charge is -2.05. The summed E-state index contributed by atoms with van der Waals surface area (Å²) in [6.07, 6.45) is -4.44. The number of azo groups is 1. The summed E-state index contributed by atoms with van der Waals surface area (Å²) in [4.78, 5) is 11.4. The lowest BCUT2D eigenvalue weighted by atomic mass is 10.2. The normalized spacial score (nSPS) is 13.2. The standard InChI is InChI=1S/C13H13F3N2O3/c1-3-21-12(20)11(8(2)19)18-17-10-6-4-9(5-7-10)13(14,15)16/h4-7,19H,3H2,1-2H3. The molecule has 1 rings (SSSR count). The monoisotopic (exact) mass is 302 g/mol. The fourth-order valence-electron chi connectivity index (χ4n) is 1.29. The first-order valence-electron chi connectivity index (χ1n) is 5.91. The molecule has 1 aromatic carbocycles. The van der Waals surface area contributed by atoms with Crippen molar-refractivity contribution in [2.45, 2.75) is 20.0 Å². The number of carbonyl (C=O) groups excluding carboxylic acids is 1. The van der Waals surface area contributed by atoms with Crippen molar-refractivity contribution in [1.82, 2.24) is 0 Å². The van der Waals surface area contributed by atoms with Crippen molar-refractivity contribution in [2.24, 2.45) is 10.2 Å². The predicted molar refractivity (Wildman–Crippen MR) is 67.9 cm³/mol. The highest BCUT2D eigenvalue weighted by atomic mass is 19.4. The molecule has 0 aromatic heterocycles. The quantitative estimate of drug-likeness (QED) is 0.393. The zero-order valence-corrected chi connectivity index (χ0v) is 11.3. The Labute approximate surface area is 118 Å². The Bertz CT molecular complexity index is 559. The highest BCUT2D eigenvalue weighted by Gasteiger charge is 2.29. The lowest BCUT2D eigenvalue weighted by molar-refractivity contribution is -0.139. The number of benzene rings is 1. The van der Waals surface area contributed by atoms with Crippen LogP contribution in [0.3, 0.4) is 0 Å². The molecule has 0 aliphatic rings. The molecular weight excluding hydrogens is 289 g/mol.